The van der Waals surface area contributed by atoms with Crippen LogP contribution in [0, 0.1) is 12.7 Å². The number of nitrogens with zero attached hydrogens (tertiary/aromatic N) is 1. The molecule has 28 heavy (non-hydrogen) atoms. The lowest BCUT2D eigenvalue weighted by atomic mass is 9.95. The fourth-order valence-corrected chi connectivity index (χ4v) is 3.97. The van der Waals surface area contributed by atoms with Gasteiger partial charge in [0.1, 0.15) is 17.6 Å². The highest BCUT2D eigenvalue weighted by molar-refractivity contribution is 6.01. The van der Waals surface area contributed by atoms with Gasteiger partial charge in [-0.25, -0.2) is 4.39 Å². The van der Waals surface area contributed by atoms with Crippen molar-refractivity contribution in [1.29, 1.82) is 0 Å². The Labute approximate surface area is 164 Å². The van der Waals surface area contributed by atoms with Crippen LogP contribution >= 0.6 is 0 Å². The van der Waals surface area contributed by atoms with Crippen molar-refractivity contribution in [2.75, 3.05) is 37.0 Å². The average Bonchev–Trinajstić information content (AvgIpc) is 3.34. The molecule has 4 rings (SSSR count). The first kappa shape index (κ1) is 18.7. The van der Waals surface area contributed by atoms with Crippen molar-refractivity contribution in [3.63, 3.8) is 0 Å². The highest BCUT2D eigenvalue weighted by atomic mass is 19.1. The molecule has 2 saturated heterocycles. The number of benzene rings is 2. The van der Waals surface area contributed by atoms with Crippen LogP contribution in [0.5, 0.6) is 5.75 Å². The highest BCUT2D eigenvalue weighted by Gasteiger charge is 2.33. The molecule has 0 aliphatic carbocycles. The van der Waals surface area contributed by atoms with E-state index in [-0.39, 0.29) is 11.6 Å². The van der Waals surface area contributed by atoms with Crippen molar-refractivity contribution in [1.82, 2.24) is 10.9 Å². The number of rotatable bonds is 5. The summed E-state index contributed by atoms with van der Waals surface area (Å²) in [4.78, 5) is 14.7. The minimum Gasteiger partial charge on any atom is -0.497 e. The van der Waals surface area contributed by atoms with E-state index in [1.807, 2.05) is 6.07 Å². The molecule has 1 atom stereocenters. The summed E-state index contributed by atoms with van der Waals surface area (Å²) in [5.74, 6) is 0.548. The Kier molecular flexibility index (Phi) is 5.19. The second-order valence-electron chi connectivity index (χ2n) is 7.32. The second kappa shape index (κ2) is 7.77. The number of amides is 1. The van der Waals surface area contributed by atoms with Crippen LogP contribution in [0.2, 0.25) is 0 Å². The van der Waals surface area contributed by atoms with Crippen molar-refractivity contribution in [2.45, 2.75) is 25.3 Å². The summed E-state index contributed by atoms with van der Waals surface area (Å²) in [6.07, 6.45) is 0.618. The van der Waals surface area contributed by atoms with Crippen LogP contribution < -0.4 is 25.8 Å². The van der Waals surface area contributed by atoms with Crippen molar-refractivity contribution >= 4 is 17.3 Å². The number of ether oxygens (including phenoxy) is 1. The molecule has 2 aromatic carbocycles. The Morgan fingerprint density at radius 3 is 2.68 bits per heavy atom. The molecule has 1 amide bonds. The Morgan fingerprint density at radius 1 is 1.18 bits per heavy atom. The second-order valence-corrected chi connectivity index (χ2v) is 7.32. The molecule has 7 heteroatoms. The number of aryl methyl sites for hydroxylation is 1. The van der Waals surface area contributed by atoms with Gasteiger partial charge in [-0.1, -0.05) is 6.07 Å². The number of carbonyl (C=O) groups excluding carboxylic acids is 1. The molecule has 0 aromatic heterocycles. The first-order chi connectivity index (χ1) is 13.6. The van der Waals surface area contributed by atoms with E-state index in [4.69, 9.17) is 4.74 Å². The molecule has 0 bridgehead atoms. The zero-order valence-electron chi connectivity index (χ0n) is 16.1. The van der Waals surface area contributed by atoms with E-state index < -0.39 is 11.9 Å². The molecule has 2 aliphatic rings. The van der Waals surface area contributed by atoms with Gasteiger partial charge in [0, 0.05) is 37.3 Å². The van der Waals surface area contributed by atoms with Crippen LogP contribution in [-0.4, -0.2) is 38.7 Å². The molecule has 1 unspecified atom stereocenters. The van der Waals surface area contributed by atoms with Gasteiger partial charge < -0.3 is 15.0 Å². The summed E-state index contributed by atoms with van der Waals surface area (Å²) in [7, 11) is 1.53. The fourth-order valence-electron chi connectivity index (χ4n) is 3.97. The Balaban J connectivity index is 1.49. The van der Waals surface area contributed by atoms with Crippen molar-refractivity contribution < 1.29 is 13.9 Å². The van der Waals surface area contributed by atoms with Crippen molar-refractivity contribution in [2.24, 2.45) is 0 Å². The van der Waals surface area contributed by atoms with Crippen LogP contribution in [-0.2, 0) is 4.79 Å². The van der Waals surface area contributed by atoms with Crippen LogP contribution in [0.3, 0.4) is 0 Å². The van der Waals surface area contributed by atoms with Crippen LogP contribution in [0.1, 0.15) is 23.5 Å². The predicted octanol–water partition coefficient (Wildman–Crippen LogP) is 2.55. The summed E-state index contributed by atoms with van der Waals surface area (Å²) in [5, 5.41) is 3.04. The summed E-state index contributed by atoms with van der Waals surface area (Å²) in [5.41, 5.74) is 9.95. The highest BCUT2D eigenvalue weighted by Crippen LogP contribution is 2.30. The predicted molar refractivity (Wildman–Crippen MR) is 107 cm³/mol. The molecule has 0 spiro atoms. The quantitative estimate of drug-likeness (QED) is 0.739. The van der Waals surface area contributed by atoms with E-state index in [2.05, 4.69) is 35.2 Å². The molecule has 0 radical (unpaired) electrons. The minimum absolute atomic E-state index is 0.0430. The van der Waals surface area contributed by atoms with E-state index in [0.29, 0.717) is 24.6 Å². The molecular weight excluding hydrogens is 359 g/mol. The first-order valence-corrected chi connectivity index (χ1v) is 9.54. The SMILES string of the molecule is COc1ccc(F)c(NC2CCN(c3ccc(C4CNNC4)c(C)c3)C2=O)c1. The lowest BCUT2D eigenvalue weighted by Gasteiger charge is -2.20. The van der Waals surface area contributed by atoms with Gasteiger partial charge in [-0.15, -0.1) is 0 Å². The number of hydrogen-bond acceptors (Lipinski definition) is 5. The maximum absolute atomic E-state index is 14.1. The molecule has 6 nitrogen and oxygen atoms in total. The van der Waals surface area contributed by atoms with E-state index in [9.17, 15) is 9.18 Å². The number of hydrazine groups is 1. The van der Waals surface area contributed by atoms with Crippen molar-refractivity contribution in [3.8, 4) is 5.75 Å². The van der Waals surface area contributed by atoms with Crippen molar-refractivity contribution in [3.05, 3.63) is 53.3 Å². The number of nitrogens with one attached hydrogen (secondary N) is 3. The molecule has 2 fully saturated rings. The number of methoxy groups -OCH3 is 1. The molecule has 2 aromatic rings. The molecule has 0 saturated carbocycles. The van der Waals surface area contributed by atoms with E-state index in [1.54, 1.807) is 17.0 Å². The third-order valence-corrected chi connectivity index (χ3v) is 5.54. The zero-order valence-corrected chi connectivity index (χ0v) is 16.1. The molecule has 148 valence electrons. The fraction of sp³-hybridized carbons (Fsp3) is 0.381. The standard InChI is InChI=1S/C21H25FN4O2/c1-13-9-15(3-5-17(13)14-11-23-24-12-14)26-8-7-19(21(26)27)25-20-10-16(28-2)4-6-18(20)22/h3-6,9-10,14,19,23-25H,7-8,11-12H2,1-2H3. The Morgan fingerprint density at radius 2 is 1.96 bits per heavy atom. The van der Waals surface area contributed by atoms with E-state index in [1.165, 1.54) is 24.3 Å². The van der Waals surface area contributed by atoms with E-state index >= 15 is 0 Å². The Hall–Kier alpha value is -2.64. The topological polar surface area (TPSA) is 65.6 Å². The van der Waals surface area contributed by atoms with Gasteiger partial charge in [0.2, 0.25) is 5.91 Å². The van der Waals surface area contributed by atoms with Gasteiger partial charge >= 0.3 is 0 Å². The minimum atomic E-state index is -0.454. The summed E-state index contributed by atoms with van der Waals surface area (Å²) < 4.78 is 19.2. The van der Waals surface area contributed by atoms with Crippen LogP contribution in [0.4, 0.5) is 15.8 Å². The molecular formula is C21H25FN4O2. The summed E-state index contributed by atoms with van der Waals surface area (Å²) >= 11 is 0. The maximum atomic E-state index is 14.1. The van der Waals surface area contributed by atoms with Gasteiger partial charge in [0.15, 0.2) is 0 Å². The van der Waals surface area contributed by atoms with Gasteiger partial charge in [0.25, 0.3) is 0 Å². The summed E-state index contributed by atoms with van der Waals surface area (Å²) in [6.45, 7) is 4.49. The van der Waals surface area contributed by atoms with Crippen LogP contribution in [0.25, 0.3) is 0 Å². The monoisotopic (exact) mass is 384 g/mol. The average molecular weight is 384 g/mol. The molecule has 2 aliphatic heterocycles. The number of anilines is 2. The number of hydrogen-bond donors (Lipinski definition) is 3. The summed E-state index contributed by atoms with van der Waals surface area (Å²) in [6, 6.07) is 10.2. The van der Waals surface area contributed by atoms with Gasteiger partial charge in [0.05, 0.1) is 12.8 Å². The smallest absolute Gasteiger partial charge is 0.249 e. The number of halogens is 1. The first-order valence-electron chi connectivity index (χ1n) is 9.54. The lowest BCUT2D eigenvalue weighted by Crippen LogP contribution is -2.33. The van der Waals surface area contributed by atoms with E-state index in [0.717, 1.165) is 18.8 Å². The van der Waals surface area contributed by atoms with Gasteiger partial charge in [-0.2, -0.15) is 0 Å². The maximum Gasteiger partial charge on any atom is 0.249 e. The Bertz CT molecular complexity index is 883. The molecule has 3 N–H and O–H groups in total. The largest absolute Gasteiger partial charge is 0.497 e. The number of carbonyl (C=O) groups is 1. The molecule has 2 heterocycles. The zero-order chi connectivity index (χ0) is 19.7. The third-order valence-electron chi connectivity index (χ3n) is 5.54. The van der Waals surface area contributed by atoms with Gasteiger partial charge in [-0.3, -0.25) is 15.6 Å². The third kappa shape index (κ3) is 3.55. The normalized spacial score (nSPS) is 20.0. The van der Waals surface area contributed by atoms with Crippen LogP contribution in [0.15, 0.2) is 36.4 Å². The lowest BCUT2D eigenvalue weighted by molar-refractivity contribution is -0.117. The van der Waals surface area contributed by atoms with Gasteiger partial charge in [-0.05, 0) is 48.7 Å².